The summed E-state index contributed by atoms with van der Waals surface area (Å²) in [4.78, 5) is 12.8. The molecule has 4 fully saturated rings. The summed E-state index contributed by atoms with van der Waals surface area (Å²) in [5, 5.41) is 22.4. The topological polar surface area (TPSA) is 69.6 Å². The predicted octanol–water partition coefficient (Wildman–Crippen LogP) is 3.29. The summed E-state index contributed by atoms with van der Waals surface area (Å²) in [6, 6.07) is 4.64. The number of phenolic OH excluding ortho intramolecular Hbond substituents is 2. The Labute approximate surface area is 136 Å². The highest BCUT2D eigenvalue weighted by Crippen LogP contribution is 2.55. The highest BCUT2D eigenvalue weighted by molar-refractivity contribution is 5.84. The van der Waals surface area contributed by atoms with Crippen molar-refractivity contribution in [3.05, 3.63) is 23.8 Å². The van der Waals surface area contributed by atoms with Crippen LogP contribution in [0.4, 0.5) is 0 Å². The molecule has 4 aliphatic carbocycles. The number of benzene rings is 1. The summed E-state index contributed by atoms with van der Waals surface area (Å²) >= 11 is 0. The van der Waals surface area contributed by atoms with E-state index in [1.54, 1.807) is 6.07 Å². The Balaban J connectivity index is 1.50. The van der Waals surface area contributed by atoms with E-state index in [1.165, 1.54) is 31.4 Å². The minimum atomic E-state index is -0.325. The SMILES string of the molecule is CC(C(=O)NC12CC3CC(CC(C3)C1)C2)c1ccc(O)c(O)c1. The van der Waals surface area contributed by atoms with Gasteiger partial charge in [0.05, 0.1) is 5.92 Å². The van der Waals surface area contributed by atoms with E-state index in [9.17, 15) is 15.0 Å². The first-order chi connectivity index (χ1) is 10.9. The Morgan fingerprint density at radius 3 is 2.17 bits per heavy atom. The lowest BCUT2D eigenvalue weighted by Gasteiger charge is -2.57. The van der Waals surface area contributed by atoms with E-state index >= 15 is 0 Å². The Morgan fingerprint density at radius 2 is 1.65 bits per heavy atom. The van der Waals surface area contributed by atoms with Gasteiger partial charge in [0.1, 0.15) is 0 Å². The van der Waals surface area contributed by atoms with Crippen molar-refractivity contribution in [3.8, 4) is 11.5 Å². The molecule has 4 saturated carbocycles. The molecule has 1 amide bonds. The third kappa shape index (κ3) is 2.58. The molecular weight excluding hydrogens is 290 g/mol. The smallest absolute Gasteiger partial charge is 0.227 e. The van der Waals surface area contributed by atoms with Crippen molar-refractivity contribution in [2.24, 2.45) is 17.8 Å². The Bertz CT molecular complexity index is 604. The molecule has 1 atom stereocenters. The lowest BCUT2D eigenvalue weighted by atomic mass is 9.53. The number of hydrogen-bond acceptors (Lipinski definition) is 3. The number of carbonyl (C=O) groups excluding carboxylic acids is 1. The molecule has 5 rings (SSSR count). The molecule has 1 aromatic rings. The van der Waals surface area contributed by atoms with E-state index in [1.807, 2.05) is 6.92 Å². The van der Waals surface area contributed by atoms with Crippen LogP contribution < -0.4 is 5.32 Å². The van der Waals surface area contributed by atoms with Crippen molar-refractivity contribution in [2.45, 2.75) is 56.9 Å². The van der Waals surface area contributed by atoms with E-state index in [2.05, 4.69) is 5.32 Å². The Kier molecular flexibility index (Phi) is 3.33. The molecule has 4 nitrogen and oxygen atoms in total. The van der Waals surface area contributed by atoms with Crippen LogP contribution in [-0.4, -0.2) is 21.7 Å². The average Bonchev–Trinajstić information content (AvgIpc) is 2.47. The second-order valence-corrected chi connectivity index (χ2v) is 8.16. The van der Waals surface area contributed by atoms with Gasteiger partial charge in [-0.25, -0.2) is 0 Å². The standard InChI is InChI=1S/C19H25NO3/c1-11(15-2-3-16(21)17(22)7-15)18(23)20-19-8-12-4-13(9-19)6-14(5-12)10-19/h2-3,7,11-14,21-22H,4-6,8-10H2,1H3,(H,20,23). The summed E-state index contributed by atoms with van der Waals surface area (Å²) in [5.41, 5.74) is 0.751. The fourth-order valence-corrected chi connectivity index (χ4v) is 5.59. The molecule has 4 heteroatoms. The fraction of sp³-hybridized carbons (Fsp3) is 0.632. The maximum absolute atomic E-state index is 12.8. The zero-order chi connectivity index (χ0) is 16.2. The van der Waals surface area contributed by atoms with E-state index in [0.717, 1.165) is 42.6 Å². The first kappa shape index (κ1) is 14.9. The van der Waals surface area contributed by atoms with Gasteiger partial charge in [-0.2, -0.15) is 0 Å². The molecule has 23 heavy (non-hydrogen) atoms. The molecular formula is C19H25NO3. The van der Waals surface area contributed by atoms with E-state index in [0.29, 0.717) is 0 Å². The summed E-state index contributed by atoms with van der Waals surface area (Å²) in [5.74, 6) is 1.80. The van der Waals surface area contributed by atoms with Crippen LogP contribution in [0.15, 0.2) is 18.2 Å². The molecule has 4 aliphatic rings. The third-order valence-corrected chi connectivity index (χ3v) is 6.32. The van der Waals surface area contributed by atoms with Crippen molar-refractivity contribution in [3.63, 3.8) is 0 Å². The number of amides is 1. The first-order valence-corrected chi connectivity index (χ1v) is 8.78. The fourth-order valence-electron chi connectivity index (χ4n) is 5.59. The van der Waals surface area contributed by atoms with Crippen molar-refractivity contribution in [1.82, 2.24) is 5.32 Å². The monoisotopic (exact) mass is 315 g/mol. The zero-order valence-corrected chi connectivity index (χ0v) is 13.6. The van der Waals surface area contributed by atoms with Crippen molar-refractivity contribution in [2.75, 3.05) is 0 Å². The molecule has 0 heterocycles. The van der Waals surface area contributed by atoms with Crippen molar-refractivity contribution in [1.29, 1.82) is 0 Å². The van der Waals surface area contributed by atoms with Crippen molar-refractivity contribution < 1.29 is 15.0 Å². The van der Waals surface area contributed by atoms with Gasteiger partial charge in [0.15, 0.2) is 11.5 Å². The lowest BCUT2D eigenvalue weighted by Crippen LogP contribution is -2.60. The molecule has 4 bridgehead atoms. The largest absolute Gasteiger partial charge is 0.504 e. The maximum atomic E-state index is 12.8. The molecule has 1 aromatic carbocycles. The van der Waals surface area contributed by atoms with Crippen LogP contribution in [0.2, 0.25) is 0 Å². The van der Waals surface area contributed by atoms with Gasteiger partial charge in [-0.1, -0.05) is 6.07 Å². The predicted molar refractivity (Wildman–Crippen MR) is 87.2 cm³/mol. The molecule has 1 unspecified atom stereocenters. The van der Waals surface area contributed by atoms with Gasteiger partial charge < -0.3 is 15.5 Å². The Hall–Kier alpha value is -1.71. The van der Waals surface area contributed by atoms with E-state index in [4.69, 9.17) is 0 Å². The molecule has 0 aliphatic heterocycles. The van der Waals surface area contributed by atoms with Crippen LogP contribution in [0.1, 0.15) is 56.9 Å². The Morgan fingerprint density at radius 1 is 1.09 bits per heavy atom. The molecule has 124 valence electrons. The average molecular weight is 315 g/mol. The van der Waals surface area contributed by atoms with Crippen LogP contribution >= 0.6 is 0 Å². The number of hydrogen-bond donors (Lipinski definition) is 3. The number of aromatic hydroxyl groups is 2. The summed E-state index contributed by atoms with van der Waals surface area (Å²) in [6.07, 6.45) is 7.48. The van der Waals surface area contributed by atoms with Crippen LogP contribution in [-0.2, 0) is 4.79 Å². The number of carbonyl (C=O) groups is 1. The number of phenols is 2. The van der Waals surface area contributed by atoms with Crippen LogP contribution in [0, 0.1) is 17.8 Å². The lowest BCUT2D eigenvalue weighted by molar-refractivity contribution is -0.128. The van der Waals surface area contributed by atoms with E-state index < -0.39 is 0 Å². The second-order valence-electron chi connectivity index (χ2n) is 8.16. The molecule has 0 spiro atoms. The van der Waals surface area contributed by atoms with Crippen LogP contribution in [0.5, 0.6) is 11.5 Å². The minimum absolute atomic E-state index is 0.0130. The van der Waals surface area contributed by atoms with Crippen LogP contribution in [0.3, 0.4) is 0 Å². The number of rotatable bonds is 3. The second kappa shape index (κ2) is 5.15. The summed E-state index contributed by atoms with van der Waals surface area (Å²) in [7, 11) is 0. The molecule has 0 saturated heterocycles. The maximum Gasteiger partial charge on any atom is 0.227 e. The summed E-state index contributed by atoms with van der Waals surface area (Å²) < 4.78 is 0. The highest BCUT2D eigenvalue weighted by Gasteiger charge is 2.51. The molecule has 0 aromatic heterocycles. The molecule has 0 radical (unpaired) electrons. The van der Waals surface area contributed by atoms with Gasteiger partial charge in [0.2, 0.25) is 5.91 Å². The van der Waals surface area contributed by atoms with Gasteiger partial charge in [0, 0.05) is 5.54 Å². The van der Waals surface area contributed by atoms with Gasteiger partial charge in [0.25, 0.3) is 0 Å². The van der Waals surface area contributed by atoms with E-state index in [-0.39, 0.29) is 28.9 Å². The zero-order valence-electron chi connectivity index (χ0n) is 13.6. The van der Waals surface area contributed by atoms with Gasteiger partial charge in [-0.3, -0.25) is 4.79 Å². The quantitative estimate of drug-likeness (QED) is 0.750. The van der Waals surface area contributed by atoms with Gasteiger partial charge in [-0.15, -0.1) is 0 Å². The first-order valence-electron chi connectivity index (χ1n) is 8.78. The molecule has 3 N–H and O–H groups in total. The van der Waals surface area contributed by atoms with Gasteiger partial charge >= 0.3 is 0 Å². The van der Waals surface area contributed by atoms with Crippen LogP contribution in [0.25, 0.3) is 0 Å². The summed E-state index contributed by atoms with van der Waals surface area (Å²) in [6.45, 7) is 1.86. The minimum Gasteiger partial charge on any atom is -0.504 e. The van der Waals surface area contributed by atoms with Crippen molar-refractivity contribution >= 4 is 5.91 Å². The normalized spacial score (nSPS) is 36.0. The third-order valence-electron chi connectivity index (χ3n) is 6.32. The van der Waals surface area contributed by atoms with Gasteiger partial charge in [-0.05, 0) is 80.9 Å². The number of nitrogens with one attached hydrogen (secondary N) is 1. The highest BCUT2D eigenvalue weighted by atomic mass is 16.3.